The maximum atomic E-state index is 12.8. The van der Waals surface area contributed by atoms with E-state index >= 15 is 0 Å². The molecule has 2 aromatic rings. The molecule has 0 saturated heterocycles. The summed E-state index contributed by atoms with van der Waals surface area (Å²) in [6.07, 6.45) is 6.12. The summed E-state index contributed by atoms with van der Waals surface area (Å²) in [6.45, 7) is 6.36. The van der Waals surface area contributed by atoms with Gasteiger partial charge in [-0.15, -0.1) is 0 Å². The highest BCUT2D eigenvalue weighted by Crippen LogP contribution is 2.35. The lowest BCUT2D eigenvalue weighted by Crippen LogP contribution is -2.43. The minimum absolute atomic E-state index is 0.0290. The maximum absolute atomic E-state index is 12.8. The molecule has 0 spiro atoms. The number of rotatable bonds is 8. The molecule has 3 rings (SSSR count). The van der Waals surface area contributed by atoms with E-state index in [1.165, 1.54) is 31.0 Å². The van der Waals surface area contributed by atoms with Crippen LogP contribution in [0.1, 0.15) is 58.9 Å². The number of hydrogen-bond donors (Lipinski definition) is 1. The Morgan fingerprint density at radius 1 is 1.24 bits per heavy atom. The lowest BCUT2D eigenvalue weighted by molar-refractivity contribution is -0.134. The van der Waals surface area contributed by atoms with Crippen molar-refractivity contribution in [1.82, 2.24) is 19.8 Å². The standard InChI is InChI=1S/C22H32N4O2S/c1-4-25(14-20(27)23-16(2)3)21(28)15-29-22-24-18-12-8-9-13-19(18)26(22)17-10-6-5-7-11-17/h8-9,12-13,16-17H,4-7,10-11,14-15H2,1-3H3,(H,23,27). The summed E-state index contributed by atoms with van der Waals surface area (Å²) < 4.78 is 2.34. The number of thioether (sulfide) groups is 1. The van der Waals surface area contributed by atoms with E-state index in [4.69, 9.17) is 4.98 Å². The zero-order chi connectivity index (χ0) is 20.8. The van der Waals surface area contributed by atoms with Crippen LogP contribution >= 0.6 is 11.8 Å². The summed E-state index contributed by atoms with van der Waals surface area (Å²) in [7, 11) is 0. The zero-order valence-corrected chi connectivity index (χ0v) is 18.5. The Bertz CT molecular complexity index is 842. The molecule has 7 heteroatoms. The highest BCUT2D eigenvalue weighted by molar-refractivity contribution is 7.99. The summed E-state index contributed by atoms with van der Waals surface area (Å²) in [4.78, 5) is 31.2. The quantitative estimate of drug-likeness (QED) is 0.661. The predicted molar refractivity (Wildman–Crippen MR) is 118 cm³/mol. The molecule has 158 valence electrons. The summed E-state index contributed by atoms with van der Waals surface area (Å²) in [5.74, 6) is 0.145. The van der Waals surface area contributed by atoms with Crippen molar-refractivity contribution in [3.8, 4) is 0 Å². The van der Waals surface area contributed by atoms with Crippen LogP contribution in [-0.2, 0) is 9.59 Å². The van der Waals surface area contributed by atoms with Gasteiger partial charge in [0, 0.05) is 18.6 Å². The molecule has 0 radical (unpaired) electrons. The normalized spacial score (nSPS) is 15.0. The van der Waals surface area contributed by atoms with E-state index in [1.54, 1.807) is 4.90 Å². The number of nitrogens with one attached hydrogen (secondary N) is 1. The average Bonchev–Trinajstić information content (AvgIpc) is 3.08. The molecule has 2 amide bonds. The first-order valence-electron chi connectivity index (χ1n) is 10.7. The average molecular weight is 417 g/mol. The van der Waals surface area contributed by atoms with E-state index in [2.05, 4.69) is 22.0 Å². The van der Waals surface area contributed by atoms with Crippen LogP contribution in [-0.4, -0.2) is 51.1 Å². The number of imidazole rings is 1. The second kappa shape index (κ2) is 10.1. The van der Waals surface area contributed by atoms with Gasteiger partial charge in [0.05, 0.1) is 23.3 Å². The number of benzene rings is 1. The van der Waals surface area contributed by atoms with Crippen LogP contribution in [0.4, 0.5) is 0 Å². The number of likely N-dealkylation sites (N-methyl/N-ethyl adjacent to an activating group) is 1. The number of nitrogens with zero attached hydrogens (tertiary/aromatic N) is 3. The Morgan fingerprint density at radius 3 is 2.66 bits per heavy atom. The maximum Gasteiger partial charge on any atom is 0.239 e. The molecule has 0 aliphatic heterocycles. The summed E-state index contributed by atoms with van der Waals surface area (Å²) >= 11 is 1.49. The highest BCUT2D eigenvalue weighted by Gasteiger charge is 2.23. The van der Waals surface area contributed by atoms with Crippen LogP contribution in [0, 0.1) is 0 Å². The van der Waals surface area contributed by atoms with Crippen LogP contribution in [0.5, 0.6) is 0 Å². The molecule has 1 heterocycles. The van der Waals surface area contributed by atoms with Crippen LogP contribution in [0.3, 0.4) is 0 Å². The van der Waals surface area contributed by atoms with Gasteiger partial charge >= 0.3 is 0 Å². The first-order chi connectivity index (χ1) is 14.0. The zero-order valence-electron chi connectivity index (χ0n) is 17.7. The van der Waals surface area contributed by atoms with Crippen molar-refractivity contribution in [2.45, 2.75) is 70.1 Å². The number of amides is 2. The van der Waals surface area contributed by atoms with Gasteiger partial charge in [-0.1, -0.05) is 43.2 Å². The van der Waals surface area contributed by atoms with E-state index in [9.17, 15) is 9.59 Å². The van der Waals surface area contributed by atoms with Gasteiger partial charge in [0.2, 0.25) is 11.8 Å². The molecular formula is C22H32N4O2S. The SMILES string of the molecule is CCN(CC(=O)NC(C)C)C(=O)CSc1nc2ccccc2n1C1CCCCC1. The van der Waals surface area contributed by atoms with Gasteiger partial charge in [-0.2, -0.15) is 0 Å². The van der Waals surface area contributed by atoms with Crippen molar-refractivity contribution in [2.24, 2.45) is 0 Å². The van der Waals surface area contributed by atoms with Gasteiger partial charge in [-0.05, 0) is 45.7 Å². The van der Waals surface area contributed by atoms with E-state index in [0.717, 1.165) is 29.0 Å². The molecule has 0 atom stereocenters. The Labute approximate surface area is 177 Å². The van der Waals surface area contributed by atoms with Crippen molar-refractivity contribution in [2.75, 3.05) is 18.8 Å². The lowest BCUT2D eigenvalue weighted by atomic mass is 9.95. The molecule has 0 bridgehead atoms. The van der Waals surface area contributed by atoms with Crippen molar-refractivity contribution >= 4 is 34.6 Å². The van der Waals surface area contributed by atoms with Gasteiger partial charge in [-0.3, -0.25) is 9.59 Å². The number of para-hydroxylation sites is 2. The summed E-state index contributed by atoms with van der Waals surface area (Å²) in [6, 6.07) is 8.74. The monoisotopic (exact) mass is 416 g/mol. The van der Waals surface area contributed by atoms with E-state index in [0.29, 0.717) is 18.3 Å². The number of carbonyl (C=O) groups excluding carboxylic acids is 2. The fourth-order valence-corrected chi connectivity index (χ4v) is 4.94. The summed E-state index contributed by atoms with van der Waals surface area (Å²) in [5, 5.41) is 3.76. The second-order valence-corrected chi connectivity index (χ2v) is 8.91. The van der Waals surface area contributed by atoms with E-state index in [1.807, 2.05) is 32.9 Å². The molecule has 0 unspecified atom stereocenters. The number of hydrogen-bond acceptors (Lipinski definition) is 4. The molecule has 1 aromatic carbocycles. The van der Waals surface area contributed by atoms with Crippen LogP contribution in [0.2, 0.25) is 0 Å². The molecule has 1 N–H and O–H groups in total. The van der Waals surface area contributed by atoms with E-state index < -0.39 is 0 Å². The van der Waals surface area contributed by atoms with Crippen molar-refractivity contribution in [3.63, 3.8) is 0 Å². The predicted octanol–water partition coefficient (Wildman–Crippen LogP) is 4.01. The van der Waals surface area contributed by atoms with Gasteiger partial charge < -0.3 is 14.8 Å². The Hall–Kier alpha value is -2.02. The largest absolute Gasteiger partial charge is 0.352 e. The lowest BCUT2D eigenvalue weighted by Gasteiger charge is -2.25. The van der Waals surface area contributed by atoms with Crippen LogP contribution in [0.15, 0.2) is 29.4 Å². The Balaban J connectivity index is 1.72. The third-order valence-corrected chi connectivity index (χ3v) is 6.28. The van der Waals surface area contributed by atoms with Crippen molar-refractivity contribution in [3.05, 3.63) is 24.3 Å². The number of fused-ring (bicyclic) bond motifs is 1. The Kier molecular flexibility index (Phi) is 7.58. The third kappa shape index (κ3) is 5.53. The Morgan fingerprint density at radius 2 is 1.97 bits per heavy atom. The van der Waals surface area contributed by atoms with Crippen molar-refractivity contribution < 1.29 is 9.59 Å². The molecular weight excluding hydrogens is 384 g/mol. The minimum Gasteiger partial charge on any atom is -0.352 e. The molecule has 1 aliphatic rings. The number of aromatic nitrogens is 2. The first kappa shape index (κ1) is 21.7. The van der Waals surface area contributed by atoms with Gasteiger partial charge in [0.25, 0.3) is 0 Å². The number of carbonyl (C=O) groups is 2. The third-order valence-electron chi connectivity index (χ3n) is 5.35. The molecule has 1 saturated carbocycles. The molecule has 1 fully saturated rings. The molecule has 6 nitrogen and oxygen atoms in total. The smallest absolute Gasteiger partial charge is 0.239 e. The van der Waals surface area contributed by atoms with Crippen molar-refractivity contribution in [1.29, 1.82) is 0 Å². The second-order valence-electron chi connectivity index (χ2n) is 7.96. The van der Waals surface area contributed by atoms with Gasteiger partial charge in [0.15, 0.2) is 5.16 Å². The molecule has 29 heavy (non-hydrogen) atoms. The molecule has 1 aromatic heterocycles. The van der Waals surface area contributed by atoms with Crippen LogP contribution in [0.25, 0.3) is 11.0 Å². The van der Waals surface area contributed by atoms with Crippen LogP contribution < -0.4 is 5.32 Å². The fraction of sp³-hybridized carbons (Fsp3) is 0.591. The van der Waals surface area contributed by atoms with Gasteiger partial charge in [0.1, 0.15) is 0 Å². The first-order valence-corrected chi connectivity index (χ1v) is 11.6. The minimum atomic E-state index is -0.116. The molecule has 1 aliphatic carbocycles. The fourth-order valence-electron chi connectivity index (χ4n) is 3.95. The topological polar surface area (TPSA) is 67.2 Å². The van der Waals surface area contributed by atoms with Gasteiger partial charge in [-0.25, -0.2) is 4.98 Å². The van der Waals surface area contributed by atoms with E-state index in [-0.39, 0.29) is 24.4 Å². The summed E-state index contributed by atoms with van der Waals surface area (Å²) in [5.41, 5.74) is 2.13. The highest BCUT2D eigenvalue weighted by atomic mass is 32.2.